The van der Waals surface area contributed by atoms with E-state index >= 15 is 0 Å². The second-order valence-electron chi connectivity index (χ2n) is 2.92. The van der Waals surface area contributed by atoms with E-state index in [0.29, 0.717) is 16.0 Å². The molecule has 0 radical (unpaired) electrons. The van der Waals surface area contributed by atoms with Gasteiger partial charge in [-0.25, -0.2) is 0 Å². The molecule has 1 rings (SSSR count). The fourth-order valence-corrected chi connectivity index (χ4v) is 1.55. The highest BCUT2D eigenvalue weighted by molar-refractivity contribution is 6.41. The molecular formula is C10H12Cl2. The molecule has 0 bridgehead atoms. The van der Waals surface area contributed by atoms with E-state index in [-0.39, 0.29) is 0 Å². The summed E-state index contributed by atoms with van der Waals surface area (Å²) in [6.07, 6.45) is 6.93. The molecule has 2 heteroatoms. The van der Waals surface area contributed by atoms with E-state index in [2.05, 4.69) is 19.9 Å². The Kier molecular flexibility index (Phi) is 3.42. The van der Waals surface area contributed by atoms with Crippen molar-refractivity contribution < 1.29 is 0 Å². The lowest BCUT2D eigenvalue weighted by atomic mass is 9.99. The first-order valence-electron chi connectivity index (χ1n) is 4.09. The molecule has 1 unspecified atom stereocenters. The van der Waals surface area contributed by atoms with Crippen LogP contribution in [0, 0.1) is 5.92 Å². The van der Waals surface area contributed by atoms with Gasteiger partial charge in [-0.2, -0.15) is 0 Å². The van der Waals surface area contributed by atoms with Crippen molar-refractivity contribution in [3.05, 3.63) is 33.9 Å². The predicted molar refractivity (Wildman–Crippen MR) is 55.4 cm³/mol. The van der Waals surface area contributed by atoms with Crippen molar-refractivity contribution in [2.45, 2.75) is 20.3 Å². The molecule has 0 nitrogen and oxygen atoms in total. The first-order valence-corrected chi connectivity index (χ1v) is 4.84. The average Bonchev–Trinajstić information content (AvgIpc) is 2.18. The van der Waals surface area contributed by atoms with Crippen LogP contribution >= 0.6 is 23.2 Å². The second-order valence-corrected chi connectivity index (χ2v) is 3.73. The van der Waals surface area contributed by atoms with Gasteiger partial charge < -0.3 is 0 Å². The summed E-state index contributed by atoms with van der Waals surface area (Å²) in [5, 5.41) is 1.28. The van der Waals surface area contributed by atoms with Gasteiger partial charge in [0.25, 0.3) is 0 Å². The zero-order chi connectivity index (χ0) is 9.14. The Balaban J connectivity index is 3.02. The van der Waals surface area contributed by atoms with E-state index in [0.717, 1.165) is 6.42 Å². The van der Waals surface area contributed by atoms with Gasteiger partial charge >= 0.3 is 0 Å². The molecule has 0 N–H and O–H groups in total. The smallest absolute Gasteiger partial charge is 0.0591 e. The zero-order valence-corrected chi connectivity index (χ0v) is 8.78. The van der Waals surface area contributed by atoms with Crippen LogP contribution in [0.3, 0.4) is 0 Å². The summed E-state index contributed by atoms with van der Waals surface area (Å²) >= 11 is 11.8. The molecule has 0 fully saturated rings. The Morgan fingerprint density at radius 1 is 1.33 bits per heavy atom. The van der Waals surface area contributed by atoms with Crippen LogP contribution < -0.4 is 0 Å². The Morgan fingerprint density at radius 2 is 2.00 bits per heavy atom. The molecule has 12 heavy (non-hydrogen) atoms. The van der Waals surface area contributed by atoms with Gasteiger partial charge in [-0.05, 0) is 24.5 Å². The van der Waals surface area contributed by atoms with Crippen molar-refractivity contribution in [3.8, 4) is 0 Å². The summed E-state index contributed by atoms with van der Waals surface area (Å²) in [7, 11) is 0. The topological polar surface area (TPSA) is 0 Å². The van der Waals surface area contributed by atoms with E-state index in [1.165, 1.54) is 5.57 Å². The average molecular weight is 203 g/mol. The Hall–Kier alpha value is -0.200. The van der Waals surface area contributed by atoms with Gasteiger partial charge in [-0.15, -0.1) is 0 Å². The minimum absolute atomic E-state index is 0.444. The molecule has 0 saturated heterocycles. The molecule has 1 aliphatic rings. The summed E-state index contributed by atoms with van der Waals surface area (Å²) in [6.45, 7) is 4.27. The standard InChI is InChI=1S/C10H12Cl2/c1-3-8-6-10(12)9(11)5-4-7(8)2/h4-7H,3H2,1-2H3. The number of hydrogen-bond acceptors (Lipinski definition) is 0. The van der Waals surface area contributed by atoms with Gasteiger partial charge in [0, 0.05) is 0 Å². The molecule has 0 saturated carbocycles. The van der Waals surface area contributed by atoms with Crippen LogP contribution in [0.5, 0.6) is 0 Å². The second kappa shape index (κ2) is 4.15. The van der Waals surface area contributed by atoms with E-state index < -0.39 is 0 Å². The number of rotatable bonds is 1. The van der Waals surface area contributed by atoms with Crippen LogP contribution in [-0.4, -0.2) is 0 Å². The van der Waals surface area contributed by atoms with E-state index in [9.17, 15) is 0 Å². The van der Waals surface area contributed by atoms with Gasteiger partial charge in [-0.3, -0.25) is 0 Å². The fourth-order valence-electron chi connectivity index (χ4n) is 1.22. The third kappa shape index (κ3) is 2.15. The number of hydrogen-bond donors (Lipinski definition) is 0. The lowest BCUT2D eigenvalue weighted by molar-refractivity contribution is 0.811. The van der Waals surface area contributed by atoms with Gasteiger partial charge in [0.05, 0.1) is 10.1 Å². The maximum absolute atomic E-state index is 5.93. The molecule has 0 amide bonds. The van der Waals surface area contributed by atoms with Crippen LogP contribution in [0.4, 0.5) is 0 Å². The third-order valence-corrected chi connectivity index (χ3v) is 2.80. The highest BCUT2D eigenvalue weighted by Crippen LogP contribution is 2.27. The Morgan fingerprint density at radius 3 is 2.58 bits per heavy atom. The molecule has 1 atom stereocenters. The summed E-state index contributed by atoms with van der Waals surface area (Å²) in [4.78, 5) is 0. The molecule has 0 aromatic heterocycles. The van der Waals surface area contributed by atoms with Crippen LogP contribution in [0.25, 0.3) is 0 Å². The minimum atomic E-state index is 0.444. The van der Waals surface area contributed by atoms with Crippen molar-refractivity contribution >= 4 is 23.2 Å². The summed E-state index contributed by atoms with van der Waals surface area (Å²) in [6, 6.07) is 0. The highest BCUT2D eigenvalue weighted by atomic mass is 35.5. The monoisotopic (exact) mass is 202 g/mol. The Bertz CT molecular complexity index is 259. The molecular weight excluding hydrogens is 191 g/mol. The van der Waals surface area contributed by atoms with Gasteiger partial charge in [0.1, 0.15) is 0 Å². The normalized spacial score (nSPS) is 24.0. The van der Waals surface area contributed by atoms with E-state index in [1.807, 2.05) is 12.2 Å². The van der Waals surface area contributed by atoms with Crippen molar-refractivity contribution in [2.75, 3.05) is 0 Å². The largest absolute Gasteiger partial charge is 0.0827 e. The molecule has 1 aliphatic carbocycles. The third-order valence-electron chi connectivity index (χ3n) is 2.06. The zero-order valence-electron chi connectivity index (χ0n) is 7.27. The van der Waals surface area contributed by atoms with Crippen molar-refractivity contribution in [2.24, 2.45) is 5.92 Å². The highest BCUT2D eigenvalue weighted by Gasteiger charge is 2.08. The van der Waals surface area contributed by atoms with Crippen molar-refractivity contribution in [1.29, 1.82) is 0 Å². The predicted octanol–water partition coefficient (Wildman–Crippen LogP) is 4.22. The van der Waals surface area contributed by atoms with Crippen molar-refractivity contribution in [1.82, 2.24) is 0 Å². The summed E-state index contributed by atoms with van der Waals surface area (Å²) in [5.41, 5.74) is 1.33. The summed E-state index contributed by atoms with van der Waals surface area (Å²) in [5.74, 6) is 0.444. The molecule has 0 heterocycles. The van der Waals surface area contributed by atoms with Gasteiger partial charge in [-0.1, -0.05) is 48.7 Å². The van der Waals surface area contributed by atoms with Crippen LogP contribution in [-0.2, 0) is 0 Å². The molecule has 66 valence electrons. The number of halogens is 2. The van der Waals surface area contributed by atoms with Gasteiger partial charge in [0.2, 0.25) is 0 Å². The maximum atomic E-state index is 5.93. The fraction of sp³-hybridized carbons (Fsp3) is 0.400. The summed E-state index contributed by atoms with van der Waals surface area (Å²) < 4.78 is 0. The lowest BCUT2D eigenvalue weighted by Crippen LogP contribution is -1.92. The van der Waals surface area contributed by atoms with E-state index in [4.69, 9.17) is 23.2 Å². The quantitative estimate of drug-likeness (QED) is 0.598. The van der Waals surface area contributed by atoms with E-state index in [1.54, 1.807) is 0 Å². The van der Waals surface area contributed by atoms with Crippen LogP contribution in [0.1, 0.15) is 20.3 Å². The minimum Gasteiger partial charge on any atom is -0.0827 e. The number of allylic oxidation sites excluding steroid dienone is 6. The molecule has 0 aliphatic heterocycles. The molecule has 0 aromatic carbocycles. The Labute approximate surface area is 83.6 Å². The molecule has 0 aromatic rings. The maximum Gasteiger partial charge on any atom is 0.0591 e. The first-order chi connectivity index (χ1) is 5.65. The SMILES string of the molecule is CCC1=CC(Cl)=C(Cl)C=CC1C. The van der Waals surface area contributed by atoms with Crippen LogP contribution in [0.15, 0.2) is 33.9 Å². The van der Waals surface area contributed by atoms with Crippen LogP contribution in [0.2, 0.25) is 0 Å². The lowest BCUT2D eigenvalue weighted by Gasteiger charge is -2.07. The van der Waals surface area contributed by atoms with Crippen molar-refractivity contribution in [3.63, 3.8) is 0 Å². The molecule has 0 spiro atoms. The first kappa shape index (κ1) is 9.88. The van der Waals surface area contributed by atoms with Gasteiger partial charge in [0.15, 0.2) is 0 Å².